The first-order valence-corrected chi connectivity index (χ1v) is 10.6. The number of rotatable bonds is 6. The zero-order valence-electron chi connectivity index (χ0n) is 15.4. The van der Waals surface area contributed by atoms with E-state index >= 15 is 0 Å². The highest BCUT2D eigenvalue weighted by Crippen LogP contribution is 2.17. The second-order valence-electron chi connectivity index (χ2n) is 6.52. The highest BCUT2D eigenvalue weighted by molar-refractivity contribution is 8.06. The van der Waals surface area contributed by atoms with Crippen molar-refractivity contribution in [1.29, 1.82) is 0 Å². The van der Waals surface area contributed by atoms with Gasteiger partial charge in [-0.3, -0.25) is 9.59 Å². The van der Waals surface area contributed by atoms with Crippen LogP contribution >= 0.6 is 0 Å². The molecular weight excluding hydrogens is 354 g/mol. The average Bonchev–Trinajstić information content (AvgIpc) is 2.64. The van der Waals surface area contributed by atoms with Gasteiger partial charge in [-0.2, -0.15) is 0 Å². The maximum Gasteiger partial charge on any atom is 0.336 e. The van der Waals surface area contributed by atoms with Gasteiger partial charge in [0.2, 0.25) is 15.7 Å². The Morgan fingerprint density at radius 2 is 1.85 bits per heavy atom. The van der Waals surface area contributed by atoms with E-state index in [4.69, 9.17) is 0 Å². The van der Waals surface area contributed by atoms with E-state index in [1.807, 2.05) is 32.0 Å². The summed E-state index contributed by atoms with van der Waals surface area (Å²) in [6, 6.07) is 8.21. The van der Waals surface area contributed by atoms with E-state index < -0.39 is 15.1 Å². The van der Waals surface area contributed by atoms with Crippen LogP contribution < -0.4 is 10.2 Å². The molecule has 0 saturated carbocycles. The van der Waals surface area contributed by atoms with Gasteiger partial charge in [-0.05, 0) is 31.0 Å². The number of carbonyl (C=O) groups is 2. The molecule has 2 rings (SSSR count). The molecule has 1 aliphatic heterocycles. The number of nitrogens with one attached hydrogen (secondary N) is 1. The Morgan fingerprint density at radius 3 is 2.46 bits per heavy atom. The van der Waals surface area contributed by atoms with Gasteiger partial charge >= 0.3 is 5.24 Å². The first-order chi connectivity index (χ1) is 12.3. The van der Waals surface area contributed by atoms with Crippen LogP contribution in [0.3, 0.4) is 0 Å². The molecule has 2 amide bonds. The van der Waals surface area contributed by atoms with E-state index in [1.165, 1.54) is 5.56 Å². The minimum Gasteiger partial charge on any atom is -0.368 e. The summed E-state index contributed by atoms with van der Waals surface area (Å²) in [5.74, 6) is -0.438. The number of hydrogen-bond acceptors (Lipinski definition) is 5. The Balaban J connectivity index is 1.80. The van der Waals surface area contributed by atoms with Crippen LogP contribution in [-0.4, -0.2) is 62.9 Å². The number of benzene rings is 1. The quantitative estimate of drug-likeness (QED) is 0.808. The summed E-state index contributed by atoms with van der Waals surface area (Å²) in [5, 5.41) is 1.19. The predicted octanol–water partition coefficient (Wildman–Crippen LogP) is 1.57. The van der Waals surface area contributed by atoms with Gasteiger partial charge in [0.05, 0.1) is 12.3 Å². The van der Waals surface area contributed by atoms with E-state index in [0.717, 1.165) is 5.69 Å². The van der Waals surface area contributed by atoms with Crippen molar-refractivity contribution < 1.29 is 18.0 Å². The zero-order valence-corrected chi connectivity index (χ0v) is 16.2. The van der Waals surface area contributed by atoms with Crippen LogP contribution in [-0.2, 0) is 14.6 Å². The molecule has 1 heterocycles. The van der Waals surface area contributed by atoms with E-state index in [1.54, 1.807) is 4.90 Å². The van der Waals surface area contributed by atoms with E-state index in [2.05, 4.69) is 16.3 Å². The van der Waals surface area contributed by atoms with Gasteiger partial charge < -0.3 is 15.1 Å². The molecule has 0 aromatic heterocycles. The molecule has 0 radical (unpaired) electrons. The van der Waals surface area contributed by atoms with Crippen molar-refractivity contribution in [2.45, 2.75) is 26.7 Å². The molecule has 0 spiro atoms. The highest BCUT2D eigenvalue weighted by Gasteiger charge is 2.25. The summed E-state index contributed by atoms with van der Waals surface area (Å²) in [5.41, 5.74) is 2.32. The van der Waals surface area contributed by atoms with Gasteiger partial charge in [-0.25, -0.2) is 8.42 Å². The number of hydrogen-bond donors (Lipinski definition) is 1. The summed E-state index contributed by atoms with van der Waals surface area (Å²) in [6.07, 6.45) is 1.13. The highest BCUT2D eigenvalue weighted by atomic mass is 32.2. The lowest BCUT2D eigenvalue weighted by Crippen LogP contribution is -2.51. The molecule has 1 saturated heterocycles. The average molecular weight is 381 g/mol. The largest absolute Gasteiger partial charge is 0.368 e. The van der Waals surface area contributed by atoms with Crippen LogP contribution in [0.5, 0.6) is 0 Å². The number of carbonyl (C=O) groups excluding carboxylic acids is 2. The molecule has 1 aromatic rings. The van der Waals surface area contributed by atoms with Crippen molar-refractivity contribution in [3.05, 3.63) is 29.8 Å². The monoisotopic (exact) mass is 381 g/mol. The third kappa shape index (κ3) is 5.45. The van der Waals surface area contributed by atoms with Crippen LogP contribution in [0.2, 0.25) is 0 Å². The topological polar surface area (TPSA) is 86.8 Å². The second kappa shape index (κ2) is 9.02. The maximum atomic E-state index is 12.2. The molecule has 1 aliphatic rings. The molecule has 1 N–H and O–H groups in total. The fourth-order valence-electron chi connectivity index (χ4n) is 2.84. The molecule has 8 heteroatoms. The Kier molecular flexibility index (Phi) is 7.02. The lowest BCUT2D eigenvalue weighted by atomic mass is 10.2. The Bertz CT molecular complexity index is 741. The van der Waals surface area contributed by atoms with E-state index in [-0.39, 0.29) is 18.2 Å². The van der Waals surface area contributed by atoms with E-state index in [0.29, 0.717) is 39.0 Å². The SMILES string of the molecule is CCCCS(=O)(=O)C(=O)NCC(=O)N1CCN(c2cccc(C)c2)CC1. The molecule has 0 unspecified atom stereocenters. The van der Waals surface area contributed by atoms with E-state index in [9.17, 15) is 18.0 Å². The zero-order chi connectivity index (χ0) is 19.2. The van der Waals surface area contributed by atoms with Crippen LogP contribution in [0, 0.1) is 6.92 Å². The summed E-state index contributed by atoms with van der Waals surface area (Å²) in [6.45, 7) is 6.12. The predicted molar refractivity (Wildman–Crippen MR) is 102 cm³/mol. The number of nitrogens with zero attached hydrogens (tertiary/aromatic N) is 2. The molecule has 0 aliphatic carbocycles. The number of amides is 2. The molecule has 7 nitrogen and oxygen atoms in total. The minimum atomic E-state index is -3.83. The Hall–Kier alpha value is -2.09. The van der Waals surface area contributed by atoms with Crippen LogP contribution in [0.25, 0.3) is 0 Å². The second-order valence-corrected chi connectivity index (χ2v) is 8.53. The number of sulfone groups is 1. The number of piperazine rings is 1. The fraction of sp³-hybridized carbons (Fsp3) is 0.556. The fourth-order valence-corrected chi connectivity index (χ4v) is 3.98. The van der Waals surface area contributed by atoms with Gasteiger partial charge in [0.25, 0.3) is 0 Å². The minimum absolute atomic E-state index is 0.182. The van der Waals surface area contributed by atoms with Crippen molar-refractivity contribution in [2.24, 2.45) is 0 Å². The molecular formula is C18H27N3O4S. The van der Waals surface area contributed by atoms with Crippen molar-refractivity contribution in [2.75, 3.05) is 43.4 Å². The summed E-state index contributed by atoms with van der Waals surface area (Å²) in [7, 11) is -3.83. The van der Waals surface area contributed by atoms with Crippen LogP contribution in [0.1, 0.15) is 25.3 Å². The summed E-state index contributed by atoms with van der Waals surface area (Å²) in [4.78, 5) is 27.9. The lowest BCUT2D eigenvalue weighted by Gasteiger charge is -2.36. The van der Waals surface area contributed by atoms with Gasteiger partial charge in [0.1, 0.15) is 0 Å². The Morgan fingerprint density at radius 1 is 1.15 bits per heavy atom. The van der Waals surface area contributed by atoms with Gasteiger partial charge in [-0.15, -0.1) is 0 Å². The molecule has 1 aromatic carbocycles. The standard InChI is InChI=1S/C18H27N3O4S/c1-3-4-12-26(24,25)18(23)19-14-17(22)21-10-8-20(9-11-21)16-7-5-6-15(2)13-16/h5-7,13H,3-4,8-12,14H2,1-2H3,(H,19,23). The van der Waals surface area contributed by atoms with Crippen molar-refractivity contribution in [3.63, 3.8) is 0 Å². The summed E-state index contributed by atoms with van der Waals surface area (Å²) < 4.78 is 23.5. The summed E-state index contributed by atoms with van der Waals surface area (Å²) >= 11 is 0. The molecule has 144 valence electrons. The van der Waals surface area contributed by atoms with Crippen molar-refractivity contribution in [3.8, 4) is 0 Å². The first kappa shape index (κ1) is 20.2. The maximum absolute atomic E-state index is 12.2. The van der Waals surface area contributed by atoms with Crippen LogP contribution in [0.15, 0.2) is 24.3 Å². The number of unbranched alkanes of at least 4 members (excludes halogenated alkanes) is 1. The van der Waals surface area contributed by atoms with Gasteiger partial charge in [0, 0.05) is 31.9 Å². The molecule has 0 atom stereocenters. The lowest BCUT2D eigenvalue weighted by molar-refractivity contribution is -0.130. The molecule has 26 heavy (non-hydrogen) atoms. The van der Waals surface area contributed by atoms with Crippen molar-refractivity contribution in [1.82, 2.24) is 10.2 Å². The number of anilines is 1. The van der Waals surface area contributed by atoms with Crippen molar-refractivity contribution >= 4 is 26.7 Å². The first-order valence-electron chi connectivity index (χ1n) is 8.93. The normalized spacial score (nSPS) is 15.0. The molecule has 1 fully saturated rings. The number of aryl methyl sites for hydroxylation is 1. The third-order valence-corrected chi connectivity index (χ3v) is 5.97. The smallest absolute Gasteiger partial charge is 0.336 e. The van der Waals surface area contributed by atoms with Gasteiger partial charge in [0.15, 0.2) is 0 Å². The van der Waals surface area contributed by atoms with Crippen LogP contribution in [0.4, 0.5) is 10.5 Å². The molecule has 0 bridgehead atoms. The third-order valence-electron chi connectivity index (χ3n) is 4.43. The van der Waals surface area contributed by atoms with Gasteiger partial charge in [-0.1, -0.05) is 25.5 Å². The Labute approximate surface area is 155 Å².